The number of nitriles is 1. The zero-order valence-electron chi connectivity index (χ0n) is 12.7. The third-order valence-electron chi connectivity index (χ3n) is 5.51. The van der Waals surface area contributed by atoms with E-state index >= 15 is 0 Å². The molecule has 3 unspecified atom stereocenters. The Kier molecular flexibility index (Phi) is 4.86. The third-order valence-corrected chi connectivity index (χ3v) is 5.51. The lowest BCUT2D eigenvalue weighted by Crippen LogP contribution is -2.50. The first-order chi connectivity index (χ1) is 9.08. The molecule has 1 aliphatic heterocycles. The monoisotopic (exact) mass is 264 g/mol. The summed E-state index contributed by atoms with van der Waals surface area (Å²) >= 11 is 0. The maximum Gasteiger partial charge on any atom is 0.0672 e. The molecule has 0 aromatic rings. The van der Waals surface area contributed by atoms with Gasteiger partial charge in [0.2, 0.25) is 0 Å². The van der Waals surface area contributed by atoms with Crippen molar-refractivity contribution >= 4 is 0 Å². The molecule has 3 atom stereocenters. The molecule has 0 bridgehead atoms. The number of nitrogens with zero attached hydrogens (tertiary/aromatic N) is 2. The number of hydrogen-bond donors (Lipinski definition) is 0. The van der Waals surface area contributed by atoms with Gasteiger partial charge in [-0.05, 0) is 30.6 Å². The predicted molar refractivity (Wildman–Crippen MR) is 76.7 cm³/mol. The van der Waals surface area contributed by atoms with Gasteiger partial charge in [-0.3, -0.25) is 4.90 Å². The molecule has 2 rings (SSSR count). The molecule has 0 radical (unpaired) electrons. The smallest absolute Gasteiger partial charge is 0.0672 e. The summed E-state index contributed by atoms with van der Waals surface area (Å²) in [6.45, 7) is 10.7. The van der Waals surface area contributed by atoms with Crippen LogP contribution in [0.25, 0.3) is 0 Å². The Labute approximate surface area is 117 Å². The molecule has 1 heterocycles. The second-order valence-corrected chi connectivity index (χ2v) is 6.80. The Balaban J connectivity index is 2.06. The van der Waals surface area contributed by atoms with Crippen molar-refractivity contribution in [1.29, 1.82) is 5.26 Å². The average Bonchev–Trinajstić information content (AvgIpc) is 2.47. The summed E-state index contributed by atoms with van der Waals surface area (Å²) in [6.07, 6.45) is 4.72. The molecule has 1 saturated carbocycles. The van der Waals surface area contributed by atoms with Gasteiger partial charge >= 0.3 is 0 Å². The topological polar surface area (TPSA) is 36.3 Å². The standard InChI is InChI=1S/C16H28N2O/c1-4-16(2,3)14-6-5-13(12-17)15(11-14)18-7-9-19-10-8-18/h13-15H,4-11H2,1-3H3. The summed E-state index contributed by atoms with van der Waals surface area (Å²) in [5, 5.41) is 9.43. The second-order valence-electron chi connectivity index (χ2n) is 6.80. The van der Waals surface area contributed by atoms with Gasteiger partial charge in [0.1, 0.15) is 0 Å². The van der Waals surface area contributed by atoms with E-state index in [0.29, 0.717) is 11.5 Å². The summed E-state index contributed by atoms with van der Waals surface area (Å²) in [6, 6.07) is 3.02. The van der Waals surface area contributed by atoms with Gasteiger partial charge in [-0.1, -0.05) is 27.2 Å². The molecule has 2 aliphatic rings. The lowest BCUT2D eigenvalue weighted by molar-refractivity contribution is -0.0185. The number of rotatable bonds is 3. The molecule has 0 N–H and O–H groups in total. The van der Waals surface area contributed by atoms with E-state index in [4.69, 9.17) is 4.74 Å². The van der Waals surface area contributed by atoms with E-state index in [0.717, 1.165) is 38.6 Å². The zero-order chi connectivity index (χ0) is 13.9. The molecule has 0 amide bonds. The maximum atomic E-state index is 9.43. The highest BCUT2D eigenvalue weighted by molar-refractivity contribution is 5.00. The first kappa shape index (κ1) is 14.8. The maximum absolute atomic E-state index is 9.43. The van der Waals surface area contributed by atoms with E-state index in [9.17, 15) is 5.26 Å². The summed E-state index contributed by atoms with van der Waals surface area (Å²) in [4.78, 5) is 2.51. The molecule has 1 saturated heterocycles. The van der Waals surface area contributed by atoms with Crippen LogP contribution < -0.4 is 0 Å². The Morgan fingerprint density at radius 1 is 1.26 bits per heavy atom. The molecule has 2 fully saturated rings. The fourth-order valence-corrected chi connectivity index (χ4v) is 3.61. The highest BCUT2D eigenvalue weighted by Gasteiger charge is 2.39. The largest absolute Gasteiger partial charge is 0.379 e. The molecule has 3 heteroatoms. The molecular weight excluding hydrogens is 236 g/mol. The van der Waals surface area contributed by atoms with E-state index in [1.165, 1.54) is 19.3 Å². The van der Waals surface area contributed by atoms with Crippen LogP contribution in [0.15, 0.2) is 0 Å². The molecule has 0 aromatic carbocycles. The quantitative estimate of drug-likeness (QED) is 0.786. The Bertz CT molecular complexity index is 328. The van der Waals surface area contributed by atoms with Gasteiger partial charge in [0.25, 0.3) is 0 Å². The first-order valence-electron chi connectivity index (χ1n) is 7.80. The van der Waals surface area contributed by atoms with Crippen molar-refractivity contribution in [2.45, 2.75) is 52.5 Å². The highest BCUT2D eigenvalue weighted by atomic mass is 16.5. The van der Waals surface area contributed by atoms with Gasteiger partial charge in [0, 0.05) is 19.1 Å². The fraction of sp³-hybridized carbons (Fsp3) is 0.938. The number of ether oxygens (including phenoxy) is 1. The van der Waals surface area contributed by atoms with Gasteiger partial charge in [-0.25, -0.2) is 0 Å². The fourth-order valence-electron chi connectivity index (χ4n) is 3.61. The van der Waals surface area contributed by atoms with E-state index < -0.39 is 0 Å². The summed E-state index contributed by atoms with van der Waals surface area (Å²) in [5.74, 6) is 0.983. The first-order valence-corrected chi connectivity index (χ1v) is 7.80. The van der Waals surface area contributed by atoms with Crippen molar-refractivity contribution < 1.29 is 4.74 Å². The molecule has 108 valence electrons. The zero-order valence-corrected chi connectivity index (χ0v) is 12.7. The number of morpholine rings is 1. The molecule has 0 aromatic heterocycles. The molecule has 0 spiro atoms. The van der Waals surface area contributed by atoms with Crippen LogP contribution in [-0.4, -0.2) is 37.2 Å². The van der Waals surface area contributed by atoms with Crippen LogP contribution >= 0.6 is 0 Å². The number of hydrogen-bond acceptors (Lipinski definition) is 3. The van der Waals surface area contributed by atoms with Gasteiger partial charge in [0.15, 0.2) is 0 Å². The Morgan fingerprint density at radius 3 is 2.53 bits per heavy atom. The van der Waals surface area contributed by atoms with Crippen molar-refractivity contribution in [1.82, 2.24) is 4.90 Å². The van der Waals surface area contributed by atoms with E-state index in [-0.39, 0.29) is 5.92 Å². The van der Waals surface area contributed by atoms with Crippen LogP contribution in [0.2, 0.25) is 0 Å². The van der Waals surface area contributed by atoms with Crippen molar-refractivity contribution in [3.05, 3.63) is 0 Å². The Hall–Kier alpha value is -0.590. The van der Waals surface area contributed by atoms with Crippen LogP contribution in [-0.2, 0) is 4.74 Å². The second kappa shape index (κ2) is 6.24. The van der Waals surface area contributed by atoms with Crippen molar-refractivity contribution in [3.63, 3.8) is 0 Å². The highest BCUT2D eigenvalue weighted by Crippen LogP contribution is 2.43. The summed E-state index contributed by atoms with van der Waals surface area (Å²) in [7, 11) is 0. The summed E-state index contributed by atoms with van der Waals surface area (Å²) < 4.78 is 5.45. The molecule has 3 nitrogen and oxygen atoms in total. The third kappa shape index (κ3) is 3.30. The Morgan fingerprint density at radius 2 is 1.95 bits per heavy atom. The van der Waals surface area contributed by atoms with Gasteiger partial charge in [-0.15, -0.1) is 0 Å². The minimum Gasteiger partial charge on any atom is -0.379 e. The van der Waals surface area contributed by atoms with Gasteiger partial charge < -0.3 is 4.74 Å². The molecule has 1 aliphatic carbocycles. The SMILES string of the molecule is CCC(C)(C)C1CCC(C#N)C(N2CCOCC2)C1. The van der Waals surface area contributed by atoms with Gasteiger partial charge in [-0.2, -0.15) is 5.26 Å². The van der Waals surface area contributed by atoms with Gasteiger partial charge in [0.05, 0.1) is 25.2 Å². The minimum absolute atomic E-state index is 0.224. The normalized spacial score (nSPS) is 33.9. The van der Waals surface area contributed by atoms with Crippen LogP contribution in [0, 0.1) is 28.6 Å². The van der Waals surface area contributed by atoms with Crippen molar-refractivity contribution in [2.75, 3.05) is 26.3 Å². The van der Waals surface area contributed by atoms with E-state index in [1.54, 1.807) is 0 Å². The predicted octanol–water partition coefficient (Wildman–Crippen LogP) is 3.06. The van der Waals surface area contributed by atoms with E-state index in [1.807, 2.05) is 0 Å². The average molecular weight is 264 g/mol. The molecular formula is C16H28N2O. The lowest BCUT2D eigenvalue weighted by atomic mass is 9.66. The van der Waals surface area contributed by atoms with Crippen molar-refractivity contribution in [2.24, 2.45) is 17.3 Å². The molecule has 19 heavy (non-hydrogen) atoms. The van der Waals surface area contributed by atoms with Crippen LogP contribution in [0.4, 0.5) is 0 Å². The van der Waals surface area contributed by atoms with E-state index in [2.05, 4.69) is 31.7 Å². The van der Waals surface area contributed by atoms with Crippen molar-refractivity contribution in [3.8, 4) is 6.07 Å². The lowest BCUT2D eigenvalue weighted by Gasteiger charge is -2.46. The van der Waals surface area contributed by atoms with Crippen LogP contribution in [0.3, 0.4) is 0 Å². The minimum atomic E-state index is 0.224. The van der Waals surface area contributed by atoms with Crippen LogP contribution in [0.5, 0.6) is 0 Å². The van der Waals surface area contributed by atoms with Crippen LogP contribution in [0.1, 0.15) is 46.5 Å². The summed E-state index contributed by atoms with van der Waals surface area (Å²) in [5.41, 5.74) is 0.408.